The van der Waals surface area contributed by atoms with Crippen molar-refractivity contribution in [1.82, 2.24) is 4.98 Å². The third kappa shape index (κ3) is 2.85. The van der Waals surface area contributed by atoms with Gasteiger partial charge in [-0.05, 0) is 31.2 Å². The predicted molar refractivity (Wildman–Crippen MR) is 78.0 cm³/mol. The summed E-state index contributed by atoms with van der Waals surface area (Å²) in [5.41, 5.74) is 1.76. The first-order valence-electron chi connectivity index (χ1n) is 6.27. The maximum atomic E-state index is 13.5. The van der Waals surface area contributed by atoms with Crippen LogP contribution in [-0.2, 0) is 6.54 Å². The smallest absolute Gasteiger partial charge is 0.161 e. The number of aryl methyl sites for hydroxylation is 1. The summed E-state index contributed by atoms with van der Waals surface area (Å²) in [6.07, 6.45) is 0. The van der Waals surface area contributed by atoms with Crippen LogP contribution in [0, 0.1) is 24.4 Å². The zero-order valence-electron chi connectivity index (χ0n) is 11.1. The molecule has 21 heavy (non-hydrogen) atoms. The van der Waals surface area contributed by atoms with E-state index in [0.717, 1.165) is 27.0 Å². The lowest BCUT2D eigenvalue weighted by atomic mass is 10.2. The summed E-state index contributed by atoms with van der Waals surface area (Å²) < 4.78 is 40.5. The highest BCUT2D eigenvalue weighted by Crippen LogP contribution is 2.25. The van der Waals surface area contributed by atoms with Crippen molar-refractivity contribution in [3.05, 3.63) is 58.4 Å². The van der Waals surface area contributed by atoms with Crippen molar-refractivity contribution in [2.45, 2.75) is 13.5 Å². The zero-order valence-corrected chi connectivity index (χ0v) is 11.9. The Bertz CT molecular complexity index is 814. The van der Waals surface area contributed by atoms with E-state index < -0.39 is 17.5 Å². The Hall–Kier alpha value is -2.08. The first kappa shape index (κ1) is 13.9. The lowest BCUT2D eigenvalue weighted by molar-refractivity contribution is 0.490. The molecule has 0 fully saturated rings. The molecule has 0 aliphatic carbocycles. The Morgan fingerprint density at radius 2 is 1.81 bits per heavy atom. The van der Waals surface area contributed by atoms with E-state index in [4.69, 9.17) is 0 Å². The molecule has 0 spiro atoms. The van der Waals surface area contributed by atoms with Gasteiger partial charge in [-0.15, -0.1) is 11.3 Å². The summed E-state index contributed by atoms with van der Waals surface area (Å²) in [5, 5.41) is 3.97. The summed E-state index contributed by atoms with van der Waals surface area (Å²) in [6, 6.07) is 7.01. The molecule has 0 bridgehead atoms. The third-order valence-corrected chi connectivity index (χ3v) is 4.00. The van der Waals surface area contributed by atoms with E-state index in [9.17, 15) is 13.2 Å². The van der Waals surface area contributed by atoms with E-state index >= 15 is 0 Å². The molecular formula is C15H11F3N2S. The van der Waals surface area contributed by atoms with E-state index in [-0.39, 0.29) is 12.1 Å². The van der Waals surface area contributed by atoms with Gasteiger partial charge in [-0.25, -0.2) is 18.2 Å². The molecule has 1 aromatic heterocycles. The Morgan fingerprint density at radius 1 is 1.05 bits per heavy atom. The number of aromatic nitrogens is 1. The SMILES string of the molecule is Cc1nc2ccc(NCc3cc(F)c(F)cc3F)cc2s1. The van der Waals surface area contributed by atoms with Crippen LogP contribution in [0.5, 0.6) is 0 Å². The number of fused-ring (bicyclic) bond motifs is 1. The molecule has 0 radical (unpaired) electrons. The summed E-state index contributed by atoms with van der Waals surface area (Å²) in [4.78, 5) is 4.35. The van der Waals surface area contributed by atoms with E-state index in [1.807, 2.05) is 25.1 Å². The van der Waals surface area contributed by atoms with Crippen molar-refractivity contribution in [2.75, 3.05) is 5.32 Å². The fraction of sp³-hybridized carbons (Fsp3) is 0.133. The Kier molecular flexibility index (Phi) is 3.55. The van der Waals surface area contributed by atoms with Crippen molar-refractivity contribution in [3.8, 4) is 0 Å². The van der Waals surface area contributed by atoms with Gasteiger partial charge in [0.25, 0.3) is 0 Å². The van der Waals surface area contributed by atoms with Crippen LogP contribution in [0.4, 0.5) is 18.9 Å². The number of nitrogens with zero attached hydrogens (tertiary/aromatic N) is 1. The average Bonchev–Trinajstić information content (AvgIpc) is 2.80. The Balaban J connectivity index is 1.81. The molecule has 0 aliphatic rings. The minimum absolute atomic E-state index is 0.0757. The maximum Gasteiger partial charge on any atom is 0.161 e. The number of hydrogen-bond donors (Lipinski definition) is 1. The van der Waals surface area contributed by atoms with Crippen LogP contribution in [0.1, 0.15) is 10.6 Å². The topological polar surface area (TPSA) is 24.9 Å². The Labute approximate surface area is 123 Å². The predicted octanol–water partition coefficient (Wildman–Crippen LogP) is 4.63. The molecule has 1 N–H and O–H groups in total. The number of nitrogens with one attached hydrogen (secondary N) is 1. The molecule has 0 atom stereocenters. The van der Waals surface area contributed by atoms with Gasteiger partial charge in [0.2, 0.25) is 0 Å². The normalized spacial score (nSPS) is 11.0. The van der Waals surface area contributed by atoms with Crippen molar-refractivity contribution in [3.63, 3.8) is 0 Å². The number of halogens is 3. The number of thiazole rings is 1. The van der Waals surface area contributed by atoms with Gasteiger partial charge in [0, 0.05) is 23.9 Å². The van der Waals surface area contributed by atoms with Crippen LogP contribution in [0.25, 0.3) is 10.2 Å². The first-order valence-corrected chi connectivity index (χ1v) is 7.09. The van der Waals surface area contributed by atoms with E-state index in [1.54, 1.807) is 11.3 Å². The highest BCUT2D eigenvalue weighted by Gasteiger charge is 2.10. The van der Waals surface area contributed by atoms with Gasteiger partial charge in [0.15, 0.2) is 11.6 Å². The molecule has 0 aliphatic heterocycles. The number of hydrogen-bond acceptors (Lipinski definition) is 3. The summed E-state index contributed by atoms with van der Waals surface area (Å²) in [5.74, 6) is -3.00. The van der Waals surface area contributed by atoms with Crippen LogP contribution in [0.2, 0.25) is 0 Å². The number of rotatable bonds is 3. The zero-order chi connectivity index (χ0) is 15.0. The fourth-order valence-corrected chi connectivity index (χ4v) is 2.91. The van der Waals surface area contributed by atoms with Crippen molar-refractivity contribution < 1.29 is 13.2 Å². The van der Waals surface area contributed by atoms with Crippen LogP contribution in [0.15, 0.2) is 30.3 Å². The molecule has 2 nitrogen and oxygen atoms in total. The fourth-order valence-electron chi connectivity index (χ4n) is 2.05. The number of benzene rings is 2. The van der Waals surface area contributed by atoms with E-state index in [0.29, 0.717) is 6.07 Å². The summed E-state index contributed by atoms with van der Waals surface area (Å²) in [6.45, 7) is 2.00. The van der Waals surface area contributed by atoms with Crippen LogP contribution >= 0.6 is 11.3 Å². The van der Waals surface area contributed by atoms with E-state index in [2.05, 4.69) is 10.3 Å². The Morgan fingerprint density at radius 3 is 2.62 bits per heavy atom. The molecule has 6 heteroatoms. The second-order valence-corrected chi connectivity index (χ2v) is 5.86. The first-order chi connectivity index (χ1) is 10.0. The minimum Gasteiger partial charge on any atom is -0.381 e. The minimum atomic E-state index is -1.18. The van der Waals surface area contributed by atoms with Gasteiger partial charge in [-0.1, -0.05) is 0 Å². The van der Waals surface area contributed by atoms with Crippen LogP contribution in [-0.4, -0.2) is 4.98 Å². The molecule has 0 saturated heterocycles. The molecule has 1 heterocycles. The largest absolute Gasteiger partial charge is 0.381 e. The van der Waals surface area contributed by atoms with Gasteiger partial charge in [-0.2, -0.15) is 0 Å². The van der Waals surface area contributed by atoms with Gasteiger partial charge in [0.1, 0.15) is 5.82 Å². The lowest BCUT2D eigenvalue weighted by Crippen LogP contribution is -2.03. The van der Waals surface area contributed by atoms with Crippen molar-refractivity contribution in [1.29, 1.82) is 0 Å². The molecule has 0 unspecified atom stereocenters. The summed E-state index contributed by atoms with van der Waals surface area (Å²) in [7, 11) is 0. The number of anilines is 1. The second-order valence-electron chi connectivity index (χ2n) is 4.63. The second kappa shape index (κ2) is 5.37. The van der Waals surface area contributed by atoms with Crippen LogP contribution in [0.3, 0.4) is 0 Å². The van der Waals surface area contributed by atoms with Gasteiger partial charge < -0.3 is 5.32 Å². The molecular weight excluding hydrogens is 297 g/mol. The maximum absolute atomic E-state index is 13.5. The van der Waals surface area contributed by atoms with Crippen LogP contribution < -0.4 is 5.32 Å². The quantitative estimate of drug-likeness (QED) is 0.713. The van der Waals surface area contributed by atoms with Gasteiger partial charge >= 0.3 is 0 Å². The monoisotopic (exact) mass is 308 g/mol. The molecule has 3 rings (SSSR count). The van der Waals surface area contributed by atoms with Crippen molar-refractivity contribution >= 4 is 27.2 Å². The average molecular weight is 308 g/mol. The molecule has 2 aromatic carbocycles. The van der Waals surface area contributed by atoms with E-state index in [1.165, 1.54) is 0 Å². The van der Waals surface area contributed by atoms with Gasteiger partial charge in [0.05, 0.1) is 15.2 Å². The summed E-state index contributed by atoms with van der Waals surface area (Å²) >= 11 is 1.56. The molecule has 3 aromatic rings. The third-order valence-electron chi connectivity index (χ3n) is 3.07. The van der Waals surface area contributed by atoms with Gasteiger partial charge in [-0.3, -0.25) is 0 Å². The highest BCUT2D eigenvalue weighted by atomic mass is 32.1. The van der Waals surface area contributed by atoms with Crippen molar-refractivity contribution in [2.24, 2.45) is 0 Å². The highest BCUT2D eigenvalue weighted by molar-refractivity contribution is 7.18. The lowest BCUT2D eigenvalue weighted by Gasteiger charge is -2.08. The molecule has 0 saturated carbocycles. The standard InChI is InChI=1S/C15H11F3N2S/c1-8-20-14-3-2-10(5-15(14)21-8)19-7-9-4-12(17)13(18)6-11(9)16/h2-6,19H,7H2,1H3. The molecule has 108 valence electrons. The molecule has 0 amide bonds.